The van der Waals surface area contributed by atoms with Crippen molar-refractivity contribution in [3.63, 3.8) is 0 Å². The van der Waals surface area contributed by atoms with Crippen molar-refractivity contribution in [1.29, 1.82) is 0 Å². The van der Waals surface area contributed by atoms with Crippen molar-refractivity contribution >= 4 is 17.5 Å². The highest BCUT2D eigenvalue weighted by molar-refractivity contribution is 6.29. The smallest absolute Gasteiger partial charge is 0.251 e. The van der Waals surface area contributed by atoms with Gasteiger partial charge in [0, 0.05) is 17.3 Å². The van der Waals surface area contributed by atoms with Crippen LogP contribution < -0.4 is 5.32 Å². The number of nitrogens with zero attached hydrogens (tertiary/aromatic N) is 1. The zero-order chi connectivity index (χ0) is 15.0. The Balaban J connectivity index is 1.67. The zero-order valence-electron chi connectivity index (χ0n) is 12.7. The molecule has 4 atom stereocenters. The normalized spacial score (nSPS) is 28.6. The number of hydrogen-bond acceptors (Lipinski definition) is 2. The molecular weight excluding hydrogens is 284 g/mol. The minimum absolute atomic E-state index is 0.0238. The van der Waals surface area contributed by atoms with E-state index in [9.17, 15) is 4.79 Å². The number of fused-ring (bicyclic) bond motifs is 2. The van der Waals surface area contributed by atoms with Gasteiger partial charge in [-0.05, 0) is 62.5 Å². The second-order valence-electron chi connectivity index (χ2n) is 6.62. The Kier molecular flexibility index (Phi) is 4.21. The van der Waals surface area contributed by atoms with Crippen LogP contribution in [0.2, 0.25) is 5.15 Å². The average molecular weight is 307 g/mol. The van der Waals surface area contributed by atoms with Crippen molar-refractivity contribution in [3.8, 4) is 0 Å². The van der Waals surface area contributed by atoms with E-state index < -0.39 is 0 Å². The Morgan fingerprint density at radius 3 is 2.86 bits per heavy atom. The summed E-state index contributed by atoms with van der Waals surface area (Å²) in [4.78, 5) is 16.6. The van der Waals surface area contributed by atoms with Crippen molar-refractivity contribution in [3.05, 3.63) is 28.5 Å². The van der Waals surface area contributed by atoms with E-state index in [2.05, 4.69) is 17.2 Å². The number of carbonyl (C=O) groups is 1. The third kappa shape index (κ3) is 3.08. The van der Waals surface area contributed by atoms with Gasteiger partial charge in [0.2, 0.25) is 0 Å². The second-order valence-corrected chi connectivity index (χ2v) is 7.01. The van der Waals surface area contributed by atoms with Gasteiger partial charge in [0.05, 0.1) is 0 Å². The third-order valence-corrected chi connectivity index (χ3v) is 5.46. The molecule has 1 amide bonds. The molecule has 3 rings (SSSR count). The lowest BCUT2D eigenvalue weighted by Crippen LogP contribution is -2.40. The molecule has 1 N–H and O–H groups in total. The fourth-order valence-electron chi connectivity index (χ4n) is 4.17. The molecule has 2 bridgehead atoms. The van der Waals surface area contributed by atoms with E-state index in [1.165, 1.54) is 25.7 Å². The highest BCUT2D eigenvalue weighted by atomic mass is 35.5. The summed E-state index contributed by atoms with van der Waals surface area (Å²) in [5, 5.41) is 3.57. The van der Waals surface area contributed by atoms with Crippen molar-refractivity contribution in [1.82, 2.24) is 10.3 Å². The topological polar surface area (TPSA) is 42.0 Å². The van der Waals surface area contributed by atoms with Crippen LogP contribution in [0.5, 0.6) is 0 Å². The predicted molar refractivity (Wildman–Crippen MR) is 84.5 cm³/mol. The summed E-state index contributed by atoms with van der Waals surface area (Å²) in [6.45, 7) is 4.16. The molecule has 2 saturated carbocycles. The van der Waals surface area contributed by atoms with Crippen LogP contribution in [0.3, 0.4) is 0 Å². The van der Waals surface area contributed by atoms with E-state index in [1.54, 1.807) is 6.07 Å². The van der Waals surface area contributed by atoms with E-state index >= 15 is 0 Å². The van der Waals surface area contributed by atoms with Gasteiger partial charge in [0.1, 0.15) is 5.15 Å². The summed E-state index contributed by atoms with van der Waals surface area (Å²) < 4.78 is 0. The molecule has 4 unspecified atom stereocenters. The van der Waals surface area contributed by atoms with E-state index in [-0.39, 0.29) is 11.9 Å². The van der Waals surface area contributed by atoms with E-state index in [1.807, 2.05) is 13.0 Å². The lowest BCUT2D eigenvalue weighted by atomic mass is 9.84. The van der Waals surface area contributed by atoms with Crippen LogP contribution in [0.1, 0.15) is 55.6 Å². The molecule has 1 aromatic heterocycles. The van der Waals surface area contributed by atoms with Gasteiger partial charge in [0.15, 0.2) is 0 Å². The summed E-state index contributed by atoms with van der Waals surface area (Å²) in [6.07, 6.45) is 6.16. The number of aryl methyl sites for hydroxylation is 1. The largest absolute Gasteiger partial charge is 0.349 e. The Labute approximate surface area is 131 Å². The standard InChI is InChI=1S/C17H23ClN2O/c1-3-14-8-13(9-16(18)20-14)17(21)19-10(2)15-7-11-4-5-12(15)6-11/h8-12,15H,3-7H2,1-2H3,(H,19,21). The first-order valence-corrected chi connectivity index (χ1v) is 8.42. The molecule has 1 heterocycles. The zero-order valence-corrected chi connectivity index (χ0v) is 13.5. The number of amides is 1. The highest BCUT2D eigenvalue weighted by Gasteiger charge is 2.42. The molecule has 3 nitrogen and oxygen atoms in total. The van der Waals surface area contributed by atoms with Crippen LogP contribution in [0, 0.1) is 17.8 Å². The minimum atomic E-state index is -0.0238. The van der Waals surface area contributed by atoms with E-state index in [0.29, 0.717) is 16.6 Å². The number of rotatable bonds is 4. The minimum Gasteiger partial charge on any atom is -0.349 e. The Morgan fingerprint density at radius 2 is 2.24 bits per heavy atom. The molecule has 0 saturated heterocycles. The quantitative estimate of drug-likeness (QED) is 0.858. The lowest BCUT2D eigenvalue weighted by Gasteiger charge is -2.28. The predicted octanol–water partition coefficient (Wildman–Crippen LogP) is 3.85. The summed E-state index contributed by atoms with van der Waals surface area (Å²) in [7, 11) is 0. The van der Waals surface area contributed by atoms with Gasteiger partial charge in [-0.1, -0.05) is 24.9 Å². The van der Waals surface area contributed by atoms with Crippen LogP contribution in [0.4, 0.5) is 0 Å². The van der Waals surface area contributed by atoms with Crippen molar-refractivity contribution in [2.75, 3.05) is 0 Å². The van der Waals surface area contributed by atoms with Crippen LogP contribution in [-0.4, -0.2) is 16.9 Å². The third-order valence-electron chi connectivity index (χ3n) is 5.27. The molecule has 2 aliphatic carbocycles. The van der Waals surface area contributed by atoms with Gasteiger partial charge in [-0.3, -0.25) is 4.79 Å². The molecule has 4 heteroatoms. The Bertz CT molecular complexity index is 546. The van der Waals surface area contributed by atoms with Gasteiger partial charge >= 0.3 is 0 Å². The average Bonchev–Trinajstić information content (AvgIpc) is 3.09. The Morgan fingerprint density at radius 1 is 1.43 bits per heavy atom. The summed E-state index contributed by atoms with van der Waals surface area (Å²) in [5.74, 6) is 2.35. The van der Waals surface area contributed by atoms with Crippen molar-refractivity contribution in [2.45, 2.75) is 52.0 Å². The molecule has 2 fully saturated rings. The van der Waals surface area contributed by atoms with E-state index in [0.717, 1.165) is 24.0 Å². The molecule has 2 aliphatic rings. The van der Waals surface area contributed by atoms with Gasteiger partial charge in [-0.2, -0.15) is 0 Å². The fourth-order valence-corrected chi connectivity index (χ4v) is 4.39. The van der Waals surface area contributed by atoms with Crippen LogP contribution >= 0.6 is 11.6 Å². The number of carbonyl (C=O) groups excluding carboxylic acids is 1. The first-order valence-electron chi connectivity index (χ1n) is 8.04. The number of pyridine rings is 1. The number of aromatic nitrogens is 1. The number of hydrogen-bond donors (Lipinski definition) is 1. The first-order chi connectivity index (χ1) is 10.1. The SMILES string of the molecule is CCc1cc(C(=O)NC(C)C2CC3CCC2C3)cc(Cl)n1. The second kappa shape index (κ2) is 5.96. The number of nitrogens with one attached hydrogen (secondary N) is 1. The van der Waals surface area contributed by atoms with Gasteiger partial charge < -0.3 is 5.32 Å². The highest BCUT2D eigenvalue weighted by Crippen LogP contribution is 2.49. The summed E-state index contributed by atoms with van der Waals surface area (Å²) in [5.41, 5.74) is 1.49. The molecular formula is C17H23ClN2O. The van der Waals surface area contributed by atoms with Crippen LogP contribution in [0.15, 0.2) is 12.1 Å². The first kappa shape index (κ1) is 14.8. The maximum Gasteiger partial charge on any atom is 0.251 e. The molecule has 0 radical (unpaired) electrons. The molecule has 0 aromatic carbocycles. The maximum atomic E-state index is 12.4. The van der Waals surface area contributed by atoms with E-state index in [4.69, 9.17) is 11.6 Å². The molecule has 0 aliphatic heterocycles. The van der Waals surface area contributed by atoms with Crippen LogP contribution in [0.25, 0.3) is 0 Å². The Hall–Kier alpha value is -1.09. The molecule has 0 spiro atoms. The van der Waals surface area contributed by atoms with Gasteiger partial charge in [0.25, 0.3) is 5.91 Å². The van der Waals surface area contributed by atoms with Gasteiger partial charge in [-0.15, -0.1) is 0 Å². The lowest BCUT2D eigenvalue weighted by molar-refractivity contribution is 0.0915. The summed E-state index contributed by atoms with van der Waals surface area (Å²) in [6, 6.07) is 3.74. The molecule has 21 heavy (non-hydrogen) atoms. The maximum absolute atomic E-state index is 12.4. The monoisotopic (exact) mass is 306 g/mol. The van der Waals surface area contributed by atoms with Crippen molar-refractivity contribution < 1.29 is 4.79 Å². The van der Waals surface area contributed by atoms with Crippen LogP contribution in [-0.2, 0) is 6.42 Å². The van der Waals surface area contributed by atoms with Crippen molar-refractivity contribution in [2.24, 2.45) is 17.8 Å². The van der Waals surface area contributed by atoms with Gasteiger partial charge in [-0.25, -0.2) is 4.98 Å². The fraction of sp³-hybridized carbons (Fsp3) is 0.647. The summed E-state index contributed by atoms with van der Waals surface area (Å²) >= 11 is 6.00. The molecule has 114 valence electrons. The number of halogens is 1. The molecule has 1 aromatic rings.